The highest BCUT2D eigenvalue weighted by Gasteiger charge is 2.23. The van der Waals surface area contributed by atoms with Gasteiger partial charge in [0.25, 0.3) is 0 Å². The third kappa shape index (κ3) is 3.01. The minimum absolute atomic E-state index is 0.306. The van der Waals surface area contributed by atoms with Crippen LogP contribution in [0.25, 0.3) is 0 Å². The molecular weight excluding hydrogens is 250 g/mol. The van der Waals surface area contributed by atoms with Gasteiger partial charge in [-0.2, -0.15) is 5.26 Å². The Bertz CT molecular complexity index is 538. The molecule has 3 heteroatoms. The molecule has 3 nitrogen and oxygen atoms in total. The summed E-state index contributed by atoms with van der Waals surface area (Å²) in [5, 5.41) is 9.21. The molecule has 0 aliphatic heterocycles. The van der Waals surface area contributed by atoms with Gasteiger partial charge in [-0.1, -0.05) is 0 Å². The van der Waals surface area contributed by atoms with Gasteiger partial charge in [0.2, 0.25) is 0 Å². The summed E-state index contributed by atoms with van der Waals surface area (Å²) in [5.41, 5.74) is 7.22. The molecule has 20 heavy (non-hydrogen) atoms. The topological polar surface area (TPSA) is 50.1 Å². The van der Waals surface area contributed by atoms with E-state index in [1.54, 1.807) is 6.92 Å². The number of hydrogen-bond donors (Lipinski definition) is 0. The van der Waals surface area contributed by atoms with Crippen LogP contribution in [0.4, 0.5) is 0 Å². The van der Waals surface area contributed by atoms with Crippen LogP contribution in [-0.4, -0.2) is 12.6 Å². The number of ether oxygens (including phenoxy) is 1. The molecule has 0 aromatic heterocycles. The van der Waals surface area contributed by atoms with Crippen molar-refractivity contribution in [3.63, 3.8) is 0 Å². The Morgan fingerprint density at radius 2 is 1.50 bits per heavy atom. The fourth-order valence-corrected chi connectivity index (χ4v) is 2.51. The van der Waals surface area contributed by atoms with E-state index >= 15 is 0 Å². The van der Waals surface area contributed by atoms with Crippen LogP contribution in [-0.2, 0) is 16.0 Å². The molecule has 0 radical (unpaired) electrons. The lowest BCUT2D eigenvalue weighted by molar-refractivity contribution is -0.145. The van der Waals surface area contributed by atoms with E-state index in [-0.39, 0.29) is 0 Å². The van der Waals surface area contributed by atoms with Crippen molar-refractivity contribution < 1.29 is 9.53 Å². The molecule has 0 N–H and O–H groups in total. The van der Waals surface area contributed by atoms with E-state index in [9.17, 15) is 10.1 Å². The average Bonchev–Trinajstić information content (AvgIpc) is 2.43. The van der Waals surface area contributed by atoms with Crippen LogP contribution in [0.2, 0.25) is 0 Å². The summed E-state index contributed by atoms with van der Waals surface area (Å²) in [7, 11) is 0. The quantitative estimate of drug-likeness (QED) is 0.789. The van der Waals surface area contributed by atoms with Crippen molar-refractivity contribution in [2.24, 2.45) is 5.92 Å². The van der Waals surface area contributed by atoms with Crippen molar-refractivity contribution in [3.8, 4) is 6.07 Å². The SMILES string of the molecule is CCOC(=O)[C@@H](C#N)Cc1c(C)c(C)c(C)c(C)c1C. The first-order valence-electron chi connectivity index (χ1n) is 6.97. The third-order valence-electron chi connectivity index (χ3n) is 4.29. The molecule has 0 amide bonds. The maximum Gasteiger partial charge on any atom is 0.323 e. The summed E-state index contributed by atoms with van der Waals surface area (Å²) in [5.74, 6) is -1.15. The maximum atomic E-state index is 11.8. The first-order valence-corrected chi connectivity index (χ1v) is 6.97. The summed E-state index contributed by atoms with van der Waals surface area (Å²) in [6.07, 6.45) is 0.426. The molecule has 0 bridgehead atoms. The Morgan fingerprint density at radius 3 is 1.90 bits per heavy atom. The number of hydrogen-bond acceptors (Lipinski definition) is 3. The number of nitriles is 1. The predicted octanol–water partition coefficient (Wildman–Crippen LogP) is 3.47. The average molecular weight is 273 g/mol. The summed E-state index contributed by atoms with van der Waals surface area (Å²) in [6.45, 7) is 12.5. The van der Waals surface area contributed by atoms with E-state index in [0.29, 0.717) is 13.0 Å². The Kier molecular flexibility index (Phi) is 5.33. The molecule has 0 aliphatic rings. The standard InChI is InChI=1S/C17H23NO2/c1-7-20-17(19)15(9-18)8-16-13(5)11(3)10(2)12(4)14(16)6/h15H,7-8H2,1-6H3/t15-/m1/s1. The van der Waals surface area contributed by atoms with Gasteiger partial charge >= 0.3 is 5.97 Å². The molecule has 1 rings (SSSR count). The largest absolute Gasteiger partial charge is 0.465 e. The summed E-state index contributed by atoms with van der Waals surface area (Å²) < 4.78 is 4.97. The summed E-state index contributed by atoms with van der Waals surface area (Å²) in [6, 6.07) is 2.07. The van der Waals surface area contributed by atoms with Gasteiger partial charge in [0.05, 0.1) is 12.7 Å². The normalized spacial score (nSPS) is 11.8. The van der Waals surface area contributed by atoms with Crippen molar-refractivity contribution in [2.75, 3.05) is 6.61 Å². The minimum Gasteiger partial charge on any atom is -0.465 e. The molecule has 1 aromatic carbocycles. The molecule has 108 valence electrons. The molecule has 0 saturated heterocycles. The van der Waals surface area contributed by atoms with Crippen molar-refractivity contribution in [1.29, 1.82) is 5.26 Å². The number of esters is 1. The van der Waals surface area contributed by atoms with Crippen LogP contribution < -0.4 is 0 Å². The molecule has 0 aliphatic carbocycles. The molecule has 0 saturated carbocycles. The van der Waals surface area contributed by atoms with E-state index in [1.807, 2.05) is 0 Å². The lowest BCUT2D eigenvalue weighted by Gasteiger charge is -2.20. The van der Waals surface area contributed by atoms with Gasteiger partial charge in [0, 0.05) is 0 Å². The Labute approximate surface area is 121 Å². The Balaban J connectivity index is 3.22. The number of carbonyl (C=O) groups is 1. The van der Waals surface area contributed by atoms with Gasteiger partial charge < -0.3 is 4.74 Å². The van der Waals surface area contributed by atoms with Crippen molar-refractivity contribution in [3.05, 3.63) is 33.4 Å². The van der Waals surface area contributed by atoms with Crippen LogP contribution in [0.15, 0.2) is 0 Å². The van der Waals surface area contributed by atoms with Gasteiger partial charge in [-0.25, -0.2) is 0 Å². The lowest BCUT2D eigenvalue weighted by atomic mass is 9.85. The lowest BCUT2D eigenvalue weighted by Crippen LogP contribution is -2.20. The van der Waals surface area contributed by atoms with E-state index in [2.05, 4.69) is 40.7 Å². The van der Waals surface area contributed by atoms with Crippen LogP contribution in [0.1, 0.15) is 40.3 Å². The van der Waals surface area contributed by atoms with Gasteiger partial charge in [-0.3, -0.25) is 4.79 Å². The molecular formula is C17H23NO2. The minimum atomic E-state index is -0.728. The third-order valence-corrected chi connectivity index (χ3v) is 4.29. The summed E-state index contributed by atoms with van der Waals surface area (Å²) >= 11 is 0. The van der Waals surface area contributed by atoms with Crippen LogP contribution in [0.3, 0.4) is 0 Å². The van der Waals surface area contributed by atoms with Gasteiger partial charge in [-0.05, 0) is 81.3 Å². The molecule has 1 atom stereocenters. The fraction of sp³-hybridized carbons (Fsp3) is 0.529. The first-order chi connectivity index (χ1) is 9.34. The smallest absolute Gasteiger partial charge is 0.323 e. The molecule has 0 heterocycles. The summed E-state index contributed by atoms with van der Waals surface area (Å²) in [4.78, 5) is 11.8. The van der Waals surface area contributed by atoms with Crippen LogP contribution in [0.5, 0.6) is 0 Å². The maximum absolute atomic E-state index is 11.8. The second-order valence-corrected chi connectivity index (χ2v) is 5.24. The number of benzene rings is 1. The monoisotopic (exact) mass is 273 g/mol. The van der Waals surface area contributed by atoms with Crippen molar-refractivity contribution in [1.82, 2.24) is 0 Å². The fourth-order valence-electron chi connectivity index (χ4n) is 2.51. The van der Waals surface area contributed by atoms with E-state index < -0.39 is 11.9 Å². The van der Waals surface area contributed by atoms with E-state index in [4.69, 9.17) is 4.74 Å². The van der Waals surface area contributed by atoms with Crippen molar-refractivity contribution >= 4 is 5.97 Å². The zero-order valence-corrected chi connectivity index (χ0v) is 13.3. The number of rotatable bonds is 4. The molecule has 1 aromatic rings. The highest BCUT2D eigenvalue weighted by Crippen LogP contribution is 2.28. The number of carbonyl (C=O) groups excluding carboxylic acids is 1. The molecule has 0 unspecified atom stereocenters. The van der Waals surface area contributed by atoms with Gasteiger partial charge in [0.1, 0.15) is 5.92 Å². The first kappa shape index (κ1) is 16.2. The molecule has 0 fully saturated rings. The Morgan fingerprint density at radius 1 is 1.05 bits per heavy atom. The molecule has 0 spiro atoms. The second kappa shape index (κ2) is 6.56. The highest BCUT2D eigenvalue weighted by molar-refractivity contribution is 5.75. The van der Waals surface area contributed by atoms with E-state index in [1.165, 1.54) is 27.8 Å². The highest BCUT2D eigenvalue weighted by atomic mass is 16.5. The van der Waals surface area contributed by atoms with Crippen LogP contribution in [0, 0.1) is 51.9 Å². The van der Waals surface area contributed by atoms with Crippen molar-refractivity contribution in [2.45, 2.75) is 48.0 Å². The zero-order valence-electron chi connectivity index (χ0n) is 13.3. The van der Waals surface area contributed by atoms with E-state index in [0.717, 1.165) is 5.56 Å². The number of nitrogens with zero attached hydrogens (tertiary/aromatic N) is 1. The van der Waals surface area contributed by atoms with Gasteiger partial charge in [-0.15, -0.1) is 0 Å². The van der Waals surface area contributed by atoms with Crippen LogP contribution >= 0.6 is 0 Å². The van der Waals surface area contributed by atoms with Gasteiger partial charge in [0.15, 0.2) is 0 Å². The zero-order chi connectivity index (χ0) is 15.4. The Hall–Kier alpha value is -1.82. The second-order valence-electron chi connectivity index (χ2n) is 5.24. The predicted molar refractivity (Wildman–Crippen MR) is 79.6 cm³/mol.